The minimum atomic E-state index is -0.147. The first-order valence-corrected chi connectivity index (χ1v) is 8.82. The molecule has 1 atom stereocenters. The molecule has 0 unspecified atom stereocenters. The van der Waals surface area contributed by atoms with Gasteiger partial charge in [0.2, 0.25) is 0 Å². The van der Waals surface area contributed by atoms with Crippen molar-refractivity contribution in [2.45, 2.75) is 19.5 Å². The first kappa shape index (κ1) is 18.1. The van der Waals surface area contributed by atoms with Crippen LogP contribution >= 0.6 is 11.6 Å². The van der Waals surface area contributed by atoms with Crippen molar-refractivity contribution in [3.8, 4) is 11.3 Å². The molecule has 0 spiro atoms. The van der Waals surface area contributed by atoms with Crippen LogP contribution in [-0.2, 0) is 6.54 Å². The quantitative estimate of drug-likeness (QED) is 0.646. The fraction of sp³-hybridized carbons (Fsp3) is 0.190. The van der Waals surface area contributed by atoms with Gasteiger partial charge in [0.1, 0.15) is 11.5 Å². The van der Waals surface area contributed by atoms with Gasteiger partial charge in [-0.2, -0.15) is 0 Å². The van der Waals surface area contributed by atoms with Gasteiger partial charge in [0.15, 0.2) is 0 Å². The summed E-state index contributed by atoms with van der Waals surface area (Å²) < 4.78 is 5.81. The molecule has 0 fully saturated rings. The number of hydrogen-bond donors (Lipinski definition) is 1. The van der Waals surface area contributed by atoms with Crippen LogP contribution in [-0.4, -0.2) is 18.0 Å². The van der Waals surface area contributed by atoms with Crippen LogP contribution in [0.3, 0.4) is 0 Å². The van der Waals surface area contributed by atoms with Crippen molar-refractivity contribution < 1.29 is 9.21 Å². The molecule has 1 aromatic heterocycles. The molecule has 2 amide bonds. The van der Waals surface area contributed by atoms with Gasteiger partial charge in [-0.25, -0.2) is 4.79 Å². The van der Waals surface area contributed by atoms with Gasteiger partial charge in [0.25, 0.3) is 0 Å². The van der Waals surface area contributed by atoms with E-state index in [-0.39, 0.29) is 12.1 Å². The Morgan fingerprint density at radius 1 is 1.08 bits per heavy atom. The third kappa shape index (κ3) is 4.27. The lowest BCUT2D eigenvalue weighted by Crippen LogP contribution is -2.38. The number of rotatable bonds is 5. The van der Waals surface area contributed by atoms with Crippen molar-refractivity contribution in [2.75, 3.05) is 7.05 Å². The standard InChI is InChI=1S/C21H21ClN2O2/c1-15(16-6-4-3-5-7-16)24(2)21(25)23-14-19-12-13-20(26-19)17-8-10-18(22)11-9-17/h3-13,15H,14H2,1-2H3,(H,23,25)/t15-/m0/s1. The van der Waals surface area contributed by atoms with E-state index < -0.39 is 0 Å². The van der Waals surface area contributed by atoms with Crippen molar-refractivity contribution in [1.29, 1.82) is 0 Å². The summed E-state index contributed by atoms with van der Waals surface area (Å²) in [6, 6.07) is 21.0. The monoisotopic (exact) mass is 368 g/mol. The minimum absolute atomic E-state index is 0.0163. The van der Waals surface area contributed by atoms with Gasteiger partial charge in [0.05, 0.1) is 12.6 Å². The van der Waals surface area contributed by atoms with Crippen LogP contribution in [0.4, 0.5) is 4.79 Å². The van der Waals surface area contributed by atoms with Gasteiger partial charge in [-0.15, -0.1) is 0 Å². The third-order valence-corrected chi connectivity index (χ3v) is 4.64. The van der Waals surface area contributed by atoms with Gasteiger partial charge in [-0.3, -0.25) is 0 Å². The average molecular weight is 369 g/mol. The highest BCUT2D eigenvalue weighted by Gasteiger charge is 2.17. The normalized spacial score (nSPS) is 11.8. The van der Waals surface area contributed by atoms with Crippen LogP contribution in [0.25, 0.3) is 11.3 Å². The summed E-state index contributed by atoms with van der Waals surface area (Å²) in [5, 5.41) is 3.58. The van der Waals surface area contributed by atoms with E-state index in [1.165, 1.54) is 0 Å². The van der Waals surface area contributed by atoms with Crippen LogP contribution in [0.15, 0.2) is 71.1 Å². The molecule has 3 rings (SSSR count). The summed E-state index contributed by atoms with van der Waals surface area (Å²) in [7, 11) is 1.79. The Balaban J connectivity index is 1.58. The Morgan fingerprint density at radius 3 is 2.46 bits per heavy atom. The molecule has 0 aliphatic heterocycles. The fourth-order valence-electron chi connectivity index (χ4n) is 2.66. The number of urea groups is 1. The summed E-state index contributed by atoms with van der Waals surface area (Å²) in [4.78, 5) is 14.1. The molecule has 134 valence electrons. The second-order valence-electron chi connectivity index (χ2n) is 6.13. The van der Waals surface area contributed by atoms with Crippen LogP contribution in [0, 0.1) is 0 Å². The van der Waals surface area contributed by atoms with Crippen molar-refractivity contribution in [3.63, 3.8) is 0 Å². The zero-order chi connectivity index (χ0) is 18.5. The topological polar surface area (TPSA) is 45.5 Å². The lowest BCUT2D eigenvalue weighted by molar-refractivity contribution is 0.193. The highest BCUT2D eigenvalue weighted by molar-refractivity contribution is 6.30. The zero-order valence-corrected chi connectivity index (χ0v) is 15.5. The van der Waals surface area contributed by atoms with E-state index in [0.29, 0.717) is 17.3 Å². The molecule has 1 heterocycles. The van der Waals surface area contributed by atoms with Gasteiger partial charge < -0.3 is 14.6 Å². The van der Waals surface area contributed by atoms with E-state index in [1.807, 2.05) is 73.7 Å². The largest absolute Gasteiger partial charge is 0.459 e. The summed E-state index contributed by atoms with van der Waals surface area (Å²) >= 11 is 5.91. The Hall–Kier alpha value is -2.72. The number of halogens is 1. The van der Waals surface area contributed by atoms with E-state index in [4.69, 9.17) is 16.0 Å². The second-order valence-corrected chi connectivity index (χ2v) is 6.57. The molecule has 3 aromatic rings. The molecule has 0 bridgehead atoms. The Labute approximate surface area is 158 Å². The fourth-order valence-corrected chi connectivity index (χ4v) is 2.79. The Bertz CT molecular complexity index is 859. The van der Waals surface area contributed by atoms with Gasteiger partial charge in [0, 0.05) is 17.6 Å². The maximum Gasteiger partial charge on any atom is 0.318 e. The molecule has 0 aliphatic rings. The summed E-state index contributed by atoms with van der Waals surface area (Å²) in [6.07, 6.45) is 0. The molecule has 0 aliphatic carbocycles. The summed E-state index contributed by atoms with van der Waals surface area (Å²) in [6.45, 7) is 2.33. The summed E-state index contributed by atoms with van der Waals surface area (Å²) in [5.41, 5.74) is 2.04. The Morgan fingerprint density at radius 2 is 1.77 bits per heavy atom. The van der Waals surface area contributed by atoms with Crippen LogP contribution < -0.4 is 5.32 Å². The van der Waals surface area contributed by atoms with Crippen molar-refractivity contribution >= 4 is 17.6 Å². The van der Waals surface area contributed by atoms with Crippen molar-refractivity contribution in [2.24, 2.45) is 0 Å². The smallest absolute Gasteiger partial charge is 0.318 e. The van der Waals surface area contributed by atoms with Gasteiger partial charge in [-0.1, -0.05) is 41.9 Å². The van der Waals surface area contributed by atoms with E-state index in [2.05, 4.69) is 5.32 Å². The third-order valence-electron chi connectivity index (χ3n) is 4.39. The van der Waals surface area contributed by atoms with E-state index in [9.17, 15) is 4.79 Å². The number of nitrogens with zero attached hydrogens (tertiary/aromatic N) is 1. The molecule has 0 saturated carbocycles. The van der Waals surface area contributed by atoms with E-state index in [0.717, 1.165) is 16.9 Å². The number of furan rings is 1. The maximum absolute atomic E-state index is 12.4. The van der Waals surface area contributed by atoms with Gasteiger partial charge >= 0.3 is 6.03 Å². The number of nitrogens with one attached hydrogen (secondary N) is 1. The molecule has 4 nitrogen and oxygen atoms in total. The number of carbonyl (C=O) groups excluding carboxylic acids is 1. The lowest BCUT2D eigenvalue weighted by atomic mass is 10.1. The SMILES string of the molecule is C[C@@H](c1ccccc1)N(C)C(=O)NCc1ccc(-c2ccc(Cl)cc2)o1. The zero-order valence-electron chi connectivity index (χ0n) is 14.8. The van der Waals surface area contributed by atoms with Crippen molar-refractivity contribution in [3.05, 3.63) is 83.1 Å². The minimum Gasteiger partial charge on any atom is -0.459 e. The highest BCUT2D eigenvalue weighted by atomic mass is 35.5. The van der Waals surface area contributed by atoms with Gasteiger partial charge in [-0.05, 0) is 48.9 Å². The first-order valence-electron chi connectivity index (χ1n) is 8.45. The van der Waals surface area contributed by atoms with Crippen molar-refractivity contribution in [1.82, 2.24) is 10.2 Å². The molecule has 26 heavy (non-hydrogen) atoms. The lowest BCUT2D eigenvalue weighted by Gasteiger charge is -2.25. The van der Waals surface area contributed by atoms with Crippen LogP contribution in [0.1, 0.15) is 24.3 Å². The number of carbonyl (C=O) groups is 1. The molecular weight excluding hydrogens is 348 g/mol. The van der Waals surface area contributed by atoms with E-state index in [1.54, 1.807) is 11.9 Å². The molecule has 2 aromatic carbocycles. The average Bonchev–Trinajstić information content (AvgIpc) is 3.15. The number of amides is 2. The maximum atomic E-state index is 12.4. The molecule has 0 saturated heterocycles. The Kier molecular flexibility index (Phi) is 5.64. The predicted octanol–water partition coefficient (Wildman–Crippen LogP) is 5.50. The predicted molar refractivity (Wildman–Crippen MR) is 104 cm³/mol. The number of hydrogen-bond acceptors (Lipinski definition) is 2. The number of benzene rings is 2. The first-order chi connectivity index (χ1) is 12.5. The summed E-state index contributed by atoms with van der Waals surface area (Å²) in [5.74, 6) is 1.45. The molecule has 1 N–H and O–H groups in total. The molecular formula is C21H21ClN2O2. The van der Waals surface area contributed by atoms with Crippen LogP contribution in [0.2, 0.25) is 5.02 Å². The van der Waals surface area contributed by atoms with Crippen LogP contribution in [0.5, 0.6) is 0 Å². The molecule has 0 radical (unpaired) electrons. The van der Waals surface area contributed by atoms with E-state index >= 15 is 0 Å². The highest BCUT2D eigenvalue weighted by Crippen LogP contribution is 2.24. The molecule has 5 heteroatoms. The second kappa shape index (κ2) is 8.11.